The van der Waals surface area contributed by atoms with Crippen molar-refractivity contribution in [1.29, 1.82) is 0 Å². The summed E-state index contributed by atoms with van der Waals surface area (Å²) in [6.45, 7) is 10.7. The minimum atomic E-state index is -2.00. The molecule has 78 heavy (non-hydrogen) atoms. The van der Waals surface area contributed by atoms with E-state index in [2.05, 4.69) is 6.92 Å². The molecule has 5 aliphatic rings. The molecular weight excluding hydrogens is 1030 g/mol. The van der Waals surface area contributed by atoms with E-state index in [-0.39, 0.29) is 6.42 Å². The lowest BCUT2D eigenvalue weighted by molar-refractivity contribution is -0.409. The second-order valence-corrected chi connectivity index (χ2v) is 21.4. The standard InChI is InChI=1S/C54H90O24/c1-9-12-18-22-32-23-19-16-14-13-15-17-20-24-36(59)73-47-43(74-49(65)27(4)11-3)38(61)33(25-55)70-53(47)76-44-39(62)34(26-56)71-54(77-45-40(63)37(60)30(7)67-51(45)69-32)48(44)78-52-46(75-50(66)28(5)29(6)57)41(64)42(31(8)68-52)72-35(58)21-10-2/h10,21,27-34,37-48,51-57,60-64H,9,11-20,22-26H2,1-8H3/b21-10-/t27-,28-,29+,30+,31-,32-,33+,34+,37+,38+,39+,40-,41+,42-,43-,44-,45+,46+,47+,48+,51-,52-,53-,54-/m0/s1. The van der Waals surface area contributed by atoms with Crippen molar-refractivity contribution in [1.82, 2.24) is 0 Å². The molecule has 5 fully saturated rings. The zero-order valence-electron chi connectivity index (χ0n) is 46.4. The van der Waals surface area contributed by atoms with Gasteiger partial charge in [0.2, 0.25) is 0 Å². The van der Waals surface area contributed by atoms with Gasteiger partial charge in [-0.25, -0.2) is 4.79 Å². The first kappa shape index (κ1) is 65.8. The SMILES string of the molecule is C/C=C\C(=O)O[C@@H]1[C@@H](O)[C@@H](OC(=O)[C@@H](C)[C@@H](C)O)[C@H](O[C@H]2[C@@H]3O[C@H]4[C@H](O[C@@H](CCCCC)CCCCCCCCCC(=O)O[C@H]5[C@H](O[C@H]2[C@H](O)[C@@H](CO)O3)O[C@H](CO)[C@@H](O)[C@@H]5OC(=O)[C@@H](C)CC)O[C@H](C)[C@@H](O)[C@@H]4O)O[C@H]1C. The van der Waals surface area contributed by atoms with Gasteiger partial charge in [-0.1, -0.05) is 84.6 Å². The lowest BCUT2D eigenvalue weighted by Gasteiger charge is -2.51. The van der Waals surface area contributed by atoms with Crippen LogP contribution in [0.1, 0.15) is 145 Å². The molecule has 0 radical (unpaired) electrons. The Morgan fingerprint density at radius 2 is 1.24 bits per heavy atom. The van der Waals surface area contributed by atoms with E-state index in [1.54, 1.807) is 27.7 Å². The van der Waals surface area contributed by atoms with Crippen molar-refractivity contribution in [3.8, 4) is 0 Å². The number of carbonyl (C=O) groups excluding carboxylic acids is 4. The van der Waals surface area contributed by atoms with Gasteiger partial charge in [0.15, 0.2) is 49.6 Å². The molecule has 24 atom stereocenters. The van der Waals surface area contributed by atoms with Crippen LogP contribution >= 0.6 is 0 Å². The van der Waals surface area contributed by atoms with Gasteiger partial charge in [0, 0.05) is 12.5 Å². The van der Waals surface area contributed by atoms with E-state index in [1.165, 1.54) is 26.8 Å². The minimum Gasteiger partial charge on any atom is -0.455 e. The van der Waals surface area contributed by atoms with Gasteiger partial charge in [-0.2, -0.15) is 0 Å². The molecule has 24 heteroatoms. The van der Waals surface area contributed by atoms with Gasteiger partial charge in [-0.15, -0.1) is 0 Å². The highest BCUT2D eigenvalue weighted by molar-refractivity contribution is 5.82. The van der Waals surface area contributed by atoms with Gasteiger partial charge in [0.25, 0.3) is 0 Å². The Balaban J connectivity index is 1.70. The number of unbranched alkanes of at least 4 members (excludes halogenated alkanes) is 2. The number of rotatable bonds is 16. The number of aliphatic hydroxyl groups excluding tert-OH is 8. The van der Waals surface area contributed by atoms with E-state index >= 15 is 0 Å². The van der Waals surface area contributed by atoms with Crippen molar-refractivity contribution >= 4 is 23.9 Å². The lowest BCUT2D eigenvalue weighted by Crippen LogP contribution is -2.69. The average molecular weight is 1120 g/mol. The molecule has 0 aromatic rings. The quantitative estimate of drug-likeness (QED) is 0.0471. The van der Waals surface area contributed by atoms with E-state index in [9.17, 15) is 60.0 Å². The van der Waals surface area contributed by atoms with Gasteiger partial charge in [0.1, 0.15) is 61.0 Å². The number of hydrogen-bond acceptors (Lipinski definition) is 24. The van der Waals surface area contributed by atoms with E-state index in [1.807, 2.05) is 0 Å². The van der Waals surface area contributed by atoms with Crippen LogP contribution in [0.4, 0.5) is 0 Å². The smallest absolute Gasteiger partial charge is 0.330 e. The van der Waals surface area contributed by atoms with Crippen LogP contribution in [0.5, 0.6) is 0 Å². The van der Waals surface area contributed by atoms with Crippen molar-refractivity contribution in [3.63, 3.8) is 0 Å². The van der Waals surface area contributed by atoms with Crippen LogP contribution in [0.2, 0.25) is 0 Å². The molecule has 8 N–H and O–H groups in total. The van der Waals surface area contributed by atoms with Gasteiger partial charge in [-0.05, 0) is 60.3 Å². The Morgan fingerprint density at radius 1 is 0.628 bits per heavy atom. The fourth-order valence-corrected chi connectivity index (χ4v) is 9.97. The molecule has 0 unspecified atom stereocenters. The number of allylic oxidation sites excluding steroid dienone is 1. The normalized spacial score (nSPS) is 40.1. The van der Waals surface area contributed by atoms with Crippen molar-refractivity contribution < 1.29 is 117 Å². The topological polar surface area (TPSA) is 341 Å². The highest BCUT2D eigenvalue weighted by atomic mass is 16.8. The second-order valence-electron chi connectivity index (χ2n) is 21.4. The third kappa shape index (κ3) is 17.5. The third-order valence-electron chi connectivity index (χ3n) is 15.3. The number of hydrogen-bond donors (Lipinski definition) is 8. The predicted octanol–water partition coefficient (Wildman–Crippen LogP) is 1.65. The molecule has 24 nitrogen and oxygen atoms in total. The Bertz CT molecular complexity index is 1860. The molecule has 0 aliphatic carbocycles. The van der Waals surface area contributed by atoms with Crippen molar-refractivity contribution in [2.24, 2.45) is 11.8 Å². The minimum absolute atomic E-state index is 0.116. The Kier molecular flexibility index (Phi) is 27.0. The monoisotopic (exact) mass is 1120 g/mol. The molecule has 0 aromatic carbocycles. The number of carbonyl (C=O) groups is 4. The van der Waals surface area contributed by atoms with Gasteiger partial charge < -0.3 is 97.7 Å². The van der Waals surface area contributed by atoms with Gasteiger partial charge in [-0.3, -0.25) is 14.4 Å². The summed E-state index contributed by atoms with van der Waals surface area (Å²) in [6.07, 6.45) is -24.4. The van der Waals surface area contributed by atoms with Crippen LogP contribution in [0.3, 0.4) is 0 Å². The van der Waals surface area contributed by atoms with Crippen molar-refractivity contribution in [2.75, 3.05) is 13.2 Å². The Labute approximate surface area is 457 Å². The summed E-state index contributed by atoms with van der Waals surface area (Å²) in [6, 6.07) is 0. The maximum absolute atomic E-state index is 13.9. The summed E-state index contributed by atoms with van der Waals surface area (Å²) in [4.78, 5) is 53.9. The molecule has 2 bridgehead atoms. The summed E-state index contributed by atoms with van der Waals surface area (Å²) in [5, 5.41) is 91.2. The predicted molar refractivity (Wildman–Crippen MR) is 270 cm³/mol. The second kappa shape index (κ2) is 32.0. The fraction of sp³-hybridized carbons (Fsp3) is 0.889. The van der Waals surface area contributed by atoms with Crippen molar-refractivity contribution in [3.05, 3.63) is 12.2 Å². The van der Waals surface area contributed by atoms with Crippen LogP contribution in [-0.2, 0) is 76.0 Å². The number of aliphatic hydroxyl groups is 8. The van der Waals surface area contributed by atoms with Crippen LogP contribution in [0.15, 0.2) is 12.2 Å². The van der Waals surface area contributed by atoms with E-state index in [4.69, 9.17) is 56.8 Å². The zero-order chi connectivity index (χ0) is 57.4. The fourth-order valence-electron chi connectivity index (χ4n) is 9.97. The first-order valence-corrected chi connectivity index (χ1v) is 28.2. The molecule has 0 aromatic heterocycles. The summed E-state index contributed by atoms with van der Waals surface area (Å²) in [5.41, 5.74) is 0. The summed E-state index contributed by atoms with van der Waals surface area (Å²) in [5.74, 6) is -5.47. The van der Waals surface area contributed by atoms with Crippen LogP contribution < -0.4 is 0 Å². The Hall–Kier alpha value is -3.02. The molecule has 0 spiro atoms. The van der Waals surface area contributed by atoms with Crippen LogP contribution in [0, 0.1) is 11.8 Å². The Morgan fingerprint density at radius 3 is 1.88 bits per heavy atom. The van der Waals surface area contributed by atoms with E-state index in [0.29, 0.717) is 32.1 Å². The lowest BCUT2D eigenvalue weighted by atomic mass is 9.95. The molecule has 0 saturated carbocycles. The number of fused-ring (bicyclic) bond motifs is 4. The highest BCUT2D eigenvalue weighted by Crippen LogP contribution is 2.39. The van der Waals surface area contributed by atoms with Crippen molar-refractivity contribution in [2.45, 2.75) is 280 Å². The molecule has 5 saturated heterocycles. The van der Waals surface area contributed by atoms with Gasteiger partial charge >= 0.3 is 23.9 Å². The highest BCUT2D eigenvalue weighted by Gasteiger charge is 2.59. The van der Waals surface area contributed by atoms with Crippen LogP contribution in [0.25, 0.3) is 0 Å². The number of esters is 4. The average Bonchev–Trinajstić information content (AvgIpc) is 3.50. The maximum Gasteiger partial charge on any atom is 0.330 e. The largest absolute Gasteiger partial charge is 0.455 e. The van der Waals surface area contributed by atoms with E-state index in [0.717, 1.165) is 57.4 Å². The zero-order valence-corrected chi connectivity index (χ0v) is 46.4. The molecule has 5 rings (SSSR count). The first-order chi connectivity index (χ1) is 37.2. The maximum atomic E-state index is 13.9. The van der Waals surface area contributed by atoms with Gasteiger partial charge in [0.05, 0.1) is 49.5 Å². The summed E-state index contributed by atoms with van der Waals surface area (Å²) < 4.78 is 74.7. The molecule has 0 amide bonds. The molecule has 450 valence electrons. The molecule has 5 heterocycles. The molecular formula is C54H90O24. The van der Waals surface area contributed by atoms with Crippen LogP contribution in [-0.4, -0.2) is 213 Å². The van der Waals surface area contributed by atoms with E-state index < -0.39 is 184 Å². The summed E-state index contributed by atoms with van der Waals surface area (Å²) in [7, 11) is 0. The number of ether oxygens (including phenoxy) is 12. The molecule has 5 aliphatic heterocycles. The third-order valence-corrected chi connectivity index (χ3v) is 15.3. The first-order valence-electron chi connectivity index (χ1n) is 28.2. The summed E-state index contributed by atoms with van der Waals surface area (Å²) >= 11 is 0.